The molecule has 1 amide bonds. The van der Waals surface area contributed by atoms with Gasteiger partial charge in [-0.15, -0.1) is 0 Å². The Labute approximate surface area is 202 Å². The molecular weight excluding hydrogens is 444 g/mol. The summed E-state index contributed by atoms with van der Waals surface area (Å²) < 4.78 is 16.1. The van der Waals surface area contributed by atoms with Crippen molar-refractivity contribution in [3.63, 3.8) is 0 Å². The van der Waals surface area contributed by atoms with Gasteiger partial charge in [0.05, 0.1) is 19.2 Å². The van der Waals surface area contributed by atoms with Gasteiger partial charge in [0.2, 0.25) is 6.79 Å². The van der Waals surface area contributed by atoms with Gasteiger partial charge in [0.25, 0.3) is 11.5 Å². The van der Waals surface area contributed by atoms with E-state index in [4.69, 9.17) is 14.2 Å². The summed E-state index contributed by atoms with van der Waals surface area (Å²) in [5.41, 5.74) is 4.63. The van der Waals surface area contributed by atoms with Crippen LogP contribution in [0.25, 0.3) is 10.9 Å². The average molecular weight is 471 g/mol. The van der Waals surface area contributed by atoms with E-state index in [9.17, 15) is 9.59 Å². The van der Waals surface area contributed by atoms with Gasteiger partial charge in [-0.25, -0.2) is 0 Å². The van der Waals surface area contributed by atoms with Crippen LogP contribution >= 0.6 is 0 Å². The van der Waals surface area contributed by atoms with Crippen LogP contribution in [0.1, 0.15) is 32.6 Å². The van der Waals surface area contributed by atoms with E-state index in [0.29, 0.717) is 34.9 Å². The zero-order valence-corrected chi connectivity index (χ0v) is 19.9. The van der Waals surface area contributed by atoms with Crippen LogP contribution in [0.3, 0.4) is 0 Å². The van der Waals surface area contributed by atoms with Crippen molar-refractivity contribution in [1.29, 1.82) is 0 Å². The highest BCUT2D eigenvalue weighted by Crippen LogP contribution is 2.33. The number of aromatic amines is 1. The lowest BCUT2D eigenvalue weighted by Crippen LogP contribution is -2.32. The van der Waals surface area contributed by atoms with Gasteiger partial charge >= 0.3 is 0 Å². The predicted octanol–water partition coefficient (Wildman–Crippen LogP) is 4.72. The van der Waals surface area contributed by atoms with Crippen LogP contribution in [0, 0.1) is 13.8 Å². The highest BCUT2D eigenvalue weighted by molar-refractivity contribution is 5.94. The summed E-state index contributed by atoms with van der Waals surface area (Å²) in [6, 6.07) is 18.5. The Morgan fingerprint density at radius 3 is 2.51 bits per heavy atom. The van der Waals surface area contributed by atoms with Crippen LogP contribution < -0.4 is 19.8 Å². The fourth-order valence-corrected chi connectivity index (χ4v) is 4.43. The number of ether oxygens (including phenoxy) is 3. The lowest BCUT2D eigenvalue weighted by Gasteiger charge is -2.23. The molecule has 0 atom stereocenters. The number of aromatic nitrogens is 1. The summed E-state index contributed by atoms with van der Waals surface area (Å²) >= 11 is 0. The summed E-state index contributed by atoms with van der Waals surface area (Å²) in [7, 11) is 1.58. The number of carbonyl (C=O) groups is 1. The molecule has 0 bridgehead atoms. The van der Waals surface area contributed by atoms with E-state index in [2.05, 4.69) is 4.98 Å². The van der Waals surface area contributed by atoms with Crippen molar-refractivity contribution in [1.82, 2.24) is 9.88 Å². The fourth-order valence-electron chi connectivity index (χ4n) is 4.43. The molecule has 7 nitrogen and oxygen atoms in total. The molecule has 35 heavy (non-hydrogen) atoms. The number of aryl methyl sites for hydroxylation is 2. The first kappa shape index (κ1) is 22.5. The second-order valence-electron chi connectivity index (χ2n) is 8.75. The Hall–Kier alpha value is -4.26. The third-order valence-corrected chi connectivity index (χ3v) is 6.17. The number of pyridine rings is 1. The second-order valence-corrected chi connectivity index (χ2v) is 8.75. The summed E-state index contributed by atoms with van der Waals surface area (Å²) in [6.07, 6.45) is 0. The summed E-state index contributed by atoms with van der Waals surface area (Å²) in [5, 5.41) is 0.942. The fraction of sp³-hybridized carbons (Fsp3) is 0.214. The summed E-state index contributed by atoms with van der Waals surface area (Å²) in [6.45, 7) is 4.63. The predicted molar refractivity (Wildman–Crippen MR) is 133 cm³/mol. The van der Waals surface area contributed by atoms with Crippen molar-refractivity contribution in [3.05, 3.63) is 98.8 Å². The van der Waals surface area contributed by atoms with Gasteiger partial charge in [0.1, 0.15) is 5.75 Å². The van der Waals surface area contributed by atoms with E-state index in [0.717, 1.165) is 27.6 Å². The maximum Gasteiger partial charge on any atom is 0.254 e. The molecule has 4 aromatic rings. The molecule has 0 saturated carbocycles. The maximum absolute atomic E-state index is 13.6. The van der Waals surface area contributed by atoms with Gasteiger partial charge in [0, 0.05) is 17.7 Å². The number of benzene rings is 3. The Morgan fingerprint density at radius 1 is 0.971 bits per heavy atom. The first-order chi connectivity index (χ1) is 16.9. The lowest BCUT2D eigenvalue weighted by atomic mass is 10.0. The monoisotopic (exact) mass is 470 g/mol. The largest absolute Gasteiger partial charge is 0.497 e. The van der Waals surface area contributed by atoms with Gasteiger partial charge in [0.15, 0.2) is 11.5 Å². The number of carbonyl (C=O) groups excluding carboxylic acids is 1. The van der Waals surface area contributed by atoms with Gasteiger partial charge in [-0.1, -0.05) is 17.7 Å². The van der Waals surface area contributed by atoms with Crippen LogP contribution in [0.4, 0.5) is 0 Å². The molecular formula is C28H26N2O5. The van der Waals surface area contributed by atoms with Crippen molar-refractivity contribution in [2.45, 2.75) is 26.9 Å². The van der Waals surface area contributed by atoms with Crippen molar-refractivity contribution >= 4 is 16.8 Å². The van der Waals surface area contributed by atoms with Crippen LogP contribution in [0.2, 0.25) is 0 Å². The van der Waals surface area contributed by atoms with Crippen molar-refractivity contribution in [2.75, 3.05) is 13.9 Å². The van der Waals surface area contributed by atoms with E-state index in [1.165, 1.54) is 0 Å². The summed E-state index contributed by atoms with van der Waals surface area (Å²) in [4.78, 5) is 31.3. The minimum absolute atomic E-state index is 0.150. The molecule has 0 saturated heterocycles. The first-order valence-electron chi connectivity index (χ1n) is 11.4. The van der Waals surface area contributed by atoms with Gasteiger partial charge in [-0.2, -0.15) is 0 Å². The van der Waals surface area contributed by atoms with Crippen LogP contribution in [-0.4, -0.2) is 29.7 Å². The Kier molecular flexibility index (Phi) is 5.91. The van der Waals surface area contributed by atoms with Crippen LogP contribution in [0.15, 0.2) is 65.5 Å². The van der Waals surface area contributed by atoms with Crippen molar-refractivity contribution in [3.8, 4) is 17.2 Å². The average Bonchev–Trinajstić information content (AvgIpc) is 3.32. The second kappa shape index (κ2) is 9.18. The Morgan fingerprint density at radius 2 is 1.74 bits per heavy atom. The van der Waals surface area contributed by atoms with E-state index >= 15 is 0 Å². The number of nitrogens with zero attached hydrogens (tertiary/aromatic N) is 1. The van der Waals surface area contributed by atoms with Gasteiger partial charge in [-0.3, -0.25) is 9.59 Å². The van der Waals surface area contributed by atoms with E-state index in [1.54, 1.807) is 36.3 Å². The normalized spacial score (nSPS) is 12.1. The molecule has 1 aliphatic heterocycles. The number of hydrogen-bond acceptors (Lipinski definition) is 5. The number of amides is 1. The van der Waals surface area contributed by atoms with Gasteiger partial charge < -0.3 is 24.1 Å². The standard InChI is InChI=1S/C28H26N2O5/c1-17-10-18(2)26-21(11-17)13-22(27(31)29-26)15-30(28(32)20-5-7-23(33-3)8-6-20)14-19-4-9-24-25(12-19)35-16-34-24/h4-13H,14-16H2,1-3H3,(H,29,31). The third-order valence-electron chi connectivity index (χ3n) is 6.17. The number of H-pyrrole nitrogens is 1. The Bertz CT molecular complexity index is 1470. The molecule has 178 valence electrons. The number of fused-ring (bicyclic) bond motifs is 2. The molecule has 7 heteroatoms. The molecule has 0 radical (unpaired) electrons. The maximum atomic E-state index is 13.6. The molecule has 0 spiro atoms. The van der Waals surface area contributed by atoms with E-state index in [-0.39, 0.29) is 24.8 Å². The minimum atomic E-state index is -0.206. The van der Waals surface area contributed by atoms with Crippen LogP contribution in [-0.2, 0) is 13.1 Å². The molecule has 1 aromatic heterocycles. The molecule has 1 aliphatic rings. The SMILES string of the molecule is COc1ccc(C(=O)N(Cc2ccc3c(c2)OCO3)Cc2cc3cc(C)cc(C)c3[nH]c2=O)cc1. The zero-order valence-electron chi connectivity index (χ0n) is 19.9. The molecule has 2 heterocycles. The minimum Gasteiger partial charge on any atom is -0.497 e. The number of rotatable bonds is 6. The molecule has 3 aromatic carbocycles. The molecule has 5 rings (SSSR count). The highest BCUT2D eigenvalue weighted by atomic mass is 16.7. The quantitative estimate of drug-likeness (QED) is 0.441. The van der Waals surface area contributed by atoms with E-state index in [1.807, 2.05) is 50.2 Å². The number of hydrogen-bond donors (Lipinski definition) is 1. The summed E-state index contributed by atoms with van der Waals surface area (Å²) in [5.74, 6) is 1.80. The molecule has 0 aliphatic carbocycles. The smallest absolute Gasteiger partial charge is 0.254 e. The number of nitrogens with one attached hydrogen (secondary N) is 1. The van der Waals surface area contributed by atoms with Crippen LogP contribution in [0.5, 0.6) is 17.2 Å². The van der Waals surface area contributed by atoms with Crippen molar-refractivity contribution < 1.29 is 19.0 Å². The zero-order chi connectivity index (χ0) is 24.5. The first-order valence-corrected chi connectivity index (χ1v) is 11.4. The molecule has 1 N–H and O–H groups in total. The Balaban J connectivity index is 1.52. The van der Waals surface area contributed by atoms with Crippen molar-refractivity contribution in [2.24, 2.45) is 0 Å². The highest BCUT2D eigenvalue weighted by Gasteiger charge is 2.21. The third kappa shape index (κ3) is 4.57. The molecule has 0 fully saturated rings. The number of methoxy groups -OCH3 is 1. The molecule has 0 unspecified atom stereocenters. The lowest BCUT2D eigenvalue weighted by molar-refractivity contribution is 0.0729. The van der Waals surface area contributed by atoms with E-state index < -0.39 is 0 Å². The topological polar surface area (TPSA) is 80.9 Å². The van der Waals surface area contributed by atoms with Gasteiger partial charge in [-0.05, 0) is 78.9 Å².